The highest BCUT2D eigenvalue weighted by Crippen LogP contribution is 2.24. The summed E-state index contributed by atoms with van der Waals surface area (Å²) in [6.45, 7) is 2.43. The maximum absolute atomic E-state index is 12.4. The first kappa shape index (κ1) is 13.8. The van der Waals surface area contributed by atoms with Gasteiger partial charge in [0.15, 0.2) is 0 Å². The third-order valence-electron chi connectivity index (χ3n) is 4.08. The predicted molar refractivity (Wildman–Crippen MR) is 80.7 cm³/mol. The highest BCUT2D eigenvalue weighted by Gasteiger charge is 2.28. The zero-order valence-electron chi connectivity index (χ0n) is 12.2. The molecule has 5 nitrogen and oxygen atoms in total. The fourth-order valence-corrected chi connectivity index (χ4v) is 2.79. The van der Waals surface area contributed by atoms with E-state index in [4.69, 9.17) is 0 Å². The van der Waals surface area contributed by atoms with Gasteiger partial charge in [0.05, 0.1) is 18.8 Å². The van der Waals surface area contributed by atoms with Crippen LogP contribution in [0.25, 0.3) is 0 Å². The van der Waals surface area contributed by atoms with Crippen LogP contribution in [0.5, 0.6) is 0 Å². The number of aromatic nitrogens is 2. The summed E-state index contributed by atoms with van der Waals surface area (Å²) >= 11 is 0. The molecule has 0 saturated carbocycles. The van der Waals surface area contributed by atoms with E-state index in [1.165, 1.54) is 5.56 Å². The van der Waals surface area contributed by atoms with Gasteiger partial charge in [0.25, 0.3) is 0 Å². The smallest absolute Gasteiger partial charge is 0.228 e. The molecule has 0 spiro atoms. The minimum absolute atomic E-state index is 0.160. The van der Waals surface area contributed by atoms with Gasteiger partial charge in [-0.2, -0.15) is 0 Å². The lowest BCUT2D eigenvalue weighted by Gasteiger charge is -2.39. The summed E-state index contributed by atoms with van der Waals surface area (Å²) in [4.78, 5) is 23.6. The molecule has 2 heterocycles. The molecular weight excluding hydrogens is 264 g/mol. The molecule has 0 bridgehead atoms. The van der Waals surface area contributed by atoms with E-state index in [1.54, 1.807) is 12.5 Å². The number of piperazine rings is 1. The Morgan fingerprint density at radius 2 is 2.14 bits per heavy atom. The number of carbonyl (C=O) groups excluding carboxylic acids is 1. The molecule has 3 rings (SSSR count). The minimum Gasteiger partial charge on any atom is -0.348 e. The number of rotatable bonds is 3. The molecule has 0 aliphatic carbocycles. The Labute approximate surface area is 124 Å². The van der Waals surface area contributed by atoms with Crippen LogP contribution in [0, 0.1) is 0 Å². The normalized spacial score (nSPS) is 19.7. The van der Waals surface area contributed by atoms with Crippen LogP contribution < -0.4 is 0 Å². The molecule has 21 heavy (non-hydrogen) atoms. The van der Waals surface area contributed by atoms with E-state index in [-0.39, 0.29) is 11.9 Å². The minimum atomic E-state index is 0.160. The van der Waals surface area contributed by atoms with Crippen LogP contribution in [0.3, 0.4) is 0 Å². The van der Waals surface area contributed by atoms with Crippen molar-refractivity contribution in [3.05, 3.63) is 54.1 Å². The fraction of sp³-hybridized carbons (Fsp3) is 0.375. The zero-order chi connectivity index (χ0) is 14.7. The second kappa shape index (κ2) is 6.10. The average Bonchev–Trinajstić information content (AvgIpc) is 3.01. The van der Waals surface area contributed by atoms with Crippen molar-refractivity contribution in [2.24, 2.45) is 0 Å². The van der Waals surface area contributed by atoms with Crippen LogP contribution in [-0.4, -0.2) is 52.4 Å². The van der Waals surface area contributed by atoms with Crippen molar-refractivity contribution >= 4 is 5.91 Å². The summed E-state index contributed by atoms with van der Waals surface area (Å²) < 4.78 is 0. The van der Waals surface area contributed by atoms with Crippen molar-refractivity contribution in [1.29, 1.82) is 0 Å². The Kier molecular flexibility index (Phi) is 4.01. The van der Waals surface area contributed by atoms with Gasteiger partial charge in [-0.15, -0.1) is 0 Å². The monoisotopic (exact) mass is 284 g/mol. The van der Waals surface area contributed by atoms with Gasteiger partial charge < -0.3 is 9.88 Å². The lowest BCUT2D eigenvalue weighted by molar-refractivity contribution is -0.133. The standard InChI is InChI=1S/C16H20N4O/c1-19-7-8-20(16(21)9-14-10-17-12-18-14)11-15(19)13-5-3-2-4-6-13/h2-6,10,12,15H,7-9,11H2,1H3,(H,17,18)/t15-/m0/s1. The molecule has 1 aromatic carbocycles. The van der Waals surface area contributed by atoms with Gasteiger partial charge in [-0.1, -0.05) is 30.3 Å². The molecule has 5 heteroatoms. The number of nitrogens with zero attached hydrogens (tertiary/aromatic N) is 3. The van der Waals surface area contributed by atoms with E-state index in [9.17, 15) is 4.79 Å². The topological polar surface area (TPSA) is 52.2 Å². The van der Waals surface area contributed by atoms with Gasteiger partial charge in [-0.25, -0.2) is 4.98 Å². The Bertz CT molecular complexity index is 582. The van der Waals surface area contributed by atoms with E-state index < -0.39 is 0 Å². The molecule has 1 aromatic heterocycles. The number of nitrogens with one attached hydrogen (secondary N) is 1. The molecule has 1 saturated heterocycles. The number of likely N-dealkylation sites (N-methyl/N-ethyl adjacent to an activating group) is 1. The molecule has 1 amide bonds. The maximum Gasteiger partial charge on any atom is 0.228 e. The first-order chi connectivity index (χ1) is 10.2. The number of H-pyrrole nitrogens is 1. The Morgan fingerprint density at radius 3 is 2.86 bits per heavy atom. The number of benzene rings is 1. The summed E-state index contributed by atoms with van der Waals surface area (Å²) in [6, 6.07) is 10.6. The molecule has 2 aromatic rings. The number of hydrogen-bond acceptors (Lipinski definition) is 3. The zero-order valence-corrected chi connectivity index (χ0v) is 12.2. The van der Waals surface area contributed by atoms with Crippen molar-refractivity contribution in [2.75, 3.05) is 26.7 Å². The summed E-state index contributed by atoms with van der Waals surface area (Å²) in [5.74, 6) is 0.160. The average molecular weight is 284 g/mol. The van der Waals surface area contributed by atoms with Gasteiger partial charge in [0.1, 0.15) is 0 Å². The largest absolute Gasteiger partial charge is 0.348 e. The van der Waals surface area contributed by atoms with Crippen molar-refractivity contribution in [3.63, 3.8) is 0 Å². The molecule has 0 unspecified atom stereocenters. The van der Waals surface area contributed by atoms with Crippen molar-refractivity contribution in [1.82, 2.24) is 19.8 Å². The lowest BCUT2D eigenvalue weighted by Crippen LogP contribution is -2.49. The van der Waals surface area contributed by atoms with E-state index in [0.717, 1.165) is 25.3 Å². The molecular formula is C16H20N4O. The van der Waals surface area contributed by atoms with Gasteiger partial charge in [0, 0.05) is 31.5 Å². The summed E-state index contributed by atoms with van der Waals surface area (Å²) in [6.07, 6.45) is 3.72. The third-order valence-corrected chi connectivity index (χ3v) is 4.08. The van der Waals surface area contributed by atoms with E-state index >= 15 is 0 Å². The van der Waals surface area contributed by atoms with Crippen molar-refractivity contribution in [3.8, 4) is 0 Å². The molecule has 0 radical (unpaired) electrons. The quantitative estimate of drug-likeness (QED) is 0.928. The molecule has 1 atom stereocenters. The summed E-state index contributed by atoms with van der Waals surface area (Å²) in [7, 11) is 2.12. The van der Waals surface area contributed by atoms with Crippen molar-refractivity contribution < 1.29 is 4.79 Å². The van der Waals surface area contributed by atoms with E-state index in [2.05, 4.69) is 46.2 Å². The third kappa shape index (κ3) is 3.13. The number of aromatic amines is 1. The highest BCUT2D eigenvalue weighted by molar-refractivity contribution is 5.78. The van der Waals surface area contributed by atoms with E-state index in [0.29, 0.717) is 6.42 Å². The van der Waals surface area contributed by atoms with Crippen LogP contribution in [0.2, 0.25) is 0 Å². The molecule has 1 N–H and O–H groups in total. The Morgan fingerprint density at radius 1 is 1.33 bits per heavy atom. The number of hydrogen-bond donors (Lipinski definition) is 1. The number of imidazole rings is 1. The van der Waals surface area contributed by atoms with E-state index in [1.807, 2.05) is 11.0 Å². The lowest BCUT2D eigenvalue weighted by atomic mass is 10.0. The Balaban J connectivity index is 1.69. The van der Waals surface area contributed by atoms with Crippen LogP contribution >= 0.6 is 0 Å². The SMILES string of the molecule is CN1CCN(C(=O)Cc2cnc[nH]2)C[C@H]1c1ccccc1. The second-order valence-electron chi connectivity index (χ2n) is 5.50. The van der Waals surface area contributed by atoms with Gasteiger partial charge >= 0.3 is 0 Å². The first-order valence-corrected chi connectivity index (χ1v) is 7.24. The fourth-order valence-electron chi connectivity index (χ4n) is 2.79. The maximum atomic E-state index is 12.4. The van der Waals surface area contributed by atoms with Gasteiger partial charge in [0.2, 0.25) is 5.91 Å². The predicted octanol–water partition coefficient (Wildman–Crippen LogP) is 1.47. The van der Waals surface area contributed by atoms with Crippen LogP contribution in [0.4, 0.5) is 0 Å². The van der Waals surface area contributed by atoms with Crippen LogP contribution in [-0.2, 0) is 11.2 Å². The second-order valence-corrected chi connectivity index (χ2v) is 5.50. The van der Waals surface area contributed by atoms with Gasteiger partial charge in [-0.05, 0) is 12.6 Å². The summed E-state index contributed by atoms with van der Waals surface area (Å²) in [5.41, 5.74) is 2.13. The summed E-state index contributed by atoms with van der Waals surface area (Å²) in [5, 5.41) is 0. The van der Waals surface area contributed by atoms with Crippen LogP contribution in [0.15, 0.2) is 42.9 Å². The van der Waals surface area contributed by atoms with Crippen LogP contribution in [0.1, 0.15) is 17.3 Å². The molecule has 1 fully saturated rings. The molecule has 1 aliphatic heterocycles. The molecule has 1 aliphatic rings. The van der Waals surface area contributed by atoms with Gasteiger partial charge in [-0.3, -0.25) is 9.69 Å². The Hall–Kier alpha value is -2.14. The number of amides is 1. The number of carbonyl (C=O) groups is 1. The van der Waals surface area contributed by atoms with Crippen molar-refractivity contribution in [2.45, 2.75) is 12.5 Å². The molecule has 110 valence electrons. The highest BCUT2D eigenvalue weighted by atomic mass is 16.2. The first-order valence-electron chi connectivity index (χ1n) is 7.24.